The third kappa shape index (κ3) is 3.88. The molecule has 0 bridgehead atoms. The van der Waals surface area contributed by atoms with Crippen LogP contribution in [0.25, 0.3) is 0 Å². The van der Waals surface area contributed by atoms with Gasteiger partial charge < -0.3 is 10.5 Å². The van der Waals surface area contributed by atoms with Crippen molar-refractivity contribution in [2.75, 3.05) is 0 Å². The summed E-state index contributed by atoms with van der Waals surface area (Å²) in [6, 6.07) is 12.1. The van der Waals surface area contributed by atoms with Crippen LogP contribution in [0.3, 0.4) is 0 Å². The maximum absolute atomic E-state index is 9.15. The fourth-order valence-corrected chi connectivity index (χ4v) is 2.04. The number of phenolic OH excluding ortho intramolecular Hbond substituents is 1. The molecule has 5 heteroatoms. The Morgan fingerprint density at radius 1 is 1.05 bits per heavy atom. The molecule has 0 aromatic heterocycles. The average Bonchev–Trinajstić information content (AvgIpc) is 2.39. The SMILES string of the molecule is Oc1ccc(/C=N/NCc2c(Cl)cccc2Cl)cc1. The quantitative estimate of drug-likeness (QED) is 0.665. The lowest BCUT2D eigenvalue weighted by Gasteiger charge is -2.05. The van der Waals surface area contributed by atoms with Gasteiger partial charge in [0.25, 0.3) is 0 Å². The van der Waals surface area contributed by atoms with E-state index in [1.807, 2.05) is 0 Å². The summed E-state index contributed by atoms with van der Waals surface area (Å²) in [6.45, 7) is 0.451. The van der Waals surface area contributed by atoms with Gasteiger partial charge in [-0.05, 0) is 42.0 Å². The van der Waals surface area contributed by atoms with Crippen molar-refractivity contribution in [1.82, 2.24) is 5.43 Å². The molecule has 0 amide bonds. The molecule has 98 valence electrons. The first-order chi connectivity index (χ1) is 9.16. The molecule has 0 saturated heterocycles. The molecule has 0 aliphatic rings. The predicted molar refractivity (Wildman–Crippen MR) is 79.0 cm³/mol. The number of nitrogens with one attached hydrogen (secondary N) is 1. The van der Waals surface area contributed by atoms with Gasteiger partial charge in [-0.2, -0.15) is 5.10 Å². The molecule has 0 aliphatic carbocycles. The Balaban J connectivity index is 1.95. The monoisotopic (exact) mass is 294 g/mol. The third-order valence-electron chi connectivity index (χ3n) is 2.52. The van der Waals surface area contributed by atoms with Gasteiger partial charge in [0, 0.05) is 15.6 Å². The minimum Gasteiger partial charge on any atom is -0.508 e. The first kappa shape index (κ1) is 13.7. The summed E-state index contributed by atoms with van der Waals surface area (Å²) < 4.78 is 0. The lowest BCUT2D eigenvalue weighted by Crippen LogP contribution is -2.06. The van der Waals surface area contributed by atoms with Crippen LogP contribution in [0.5, 0.6) is 5.75 Å². The van der Waals surface area contributed by atoms with Crippen molar-refractivity contribution in [3.63, 3.8) is 0 Å². The minimum atomic E-state index is 0.230. The van der Waals surface area contributed by atoms with Gasteiger partial charge >= 0.3 is 0 Å². The van der Waals surface area contributed by atoms with Crippen molar-refractivity contribution < 1.29 is 5.11 Å². The van der Waals surface area contributed by atoms with Crippen molar-refractivity contribution in [3.05, 3.63) is 63.6 Å². The maximum atomic E-state index is 9.15. The zero-order valence-corrected chi connectivity index (χ0v) is 11.5. The van der Waals surface area contributed by atoms with E-state index in [0.29, 0.717) is 16.6 Å². The Morgan fingerprint density at radius 3 is 2.32 bits per heavy atom. The maximum Gasteiger partial charge on any atom is 0.115 e. The predicted octanol–water partition coefficient (Wildman–Crippen LogP) is 3.82. The molecule has 2 aromatic carbocycles. The van der Waals surface area contributed by atoms with Crippen molar-refractivity contribution in [2.45, 2.75) is 6.54 Å². The van der Waals surface area contributed by atoms with E-state index in [-0.39, 0.29) is 5.75 Å². The number of phenols is 1. The van der Waals surface area contributed by atoms with Crippen LogP contribution < -0.4 is 5.43 Å². The van der Waals surface area contributed by atoms with Crippen LogP contribution in [0.1, 0.15) is 11.1 Å². The Kier molecular flexibility index (Phi) is 4.66. The van der Waals surface area contributed by atoms with Crippen LogP contribution >= 0.6 is 23.2 Å². The Morgan fingerprint density at radius 2 is 1.68 bits per heavy atom. The molecule has 0 heterocycles. The summed E-state index contributed by atoms with van der Waals surface area (Å²) in [7, 11) is 0. The second-order valence-electron chi connectivity index (χ2n) is 3.88. The summed E-state index contributed by atoms with van der Waals surface area (Å²) in [5.74, 6) is 0.230. The zero-order chi connectivity index (χ0) is 13.7. The standard InChI is InChI=1S/C14H12Cl2N2O/c15-13-2-1-3-14(16)12(13)9-18-17-8-10-4-6-11(19)7-5-10/h1-8,18-19H,9H2/b17-8+. The van der Waals surface area contributed by atoms with E-state index in [9.17, 15) is 0 Å². The first-order valence-electron chi connectivity index (χ1n) is 5.64. The van der Waals surface area contributed by atoms with Crippen LogP contribution in [0, 0.1) is 0 Å². The molecule has 0 atom stereocenters. The molecule has 0 aliphatic heterocycles. The van der Waals surface area contributed by atoms with E-state index in [1.165, 1.54) is 0 Å². The number of hydrogen-bond donors (Lipinski definition) is 2. The number of aromatic hydroxyl groups is 1. The van der Waals surface area contributed by atoms with Crippen LogP contribution in [-0.2, 0) is 6.54 Å². The van der Waals surface area contributed by atoms with Gasteiger partial charge in [-0.25, -0.2) is 0 Å². The Hall–Kier alpha value is -1.71. The Bertz CT molecular complexity index is 562. The highest BCUT2D eigenvalue weighted by Gasteiger charge is 2.03. The largest absolute Gasteiger partial charge is 0.508 e. The molecule has 3 nitrogen and oxygen atoms in total. The highest BCUT2D eigenvalue weighted by Crippen LogP contribution is 2.23. The second-order valence-corrected chi connectivity index (χ2v) is 4.70. The van der Waals surface area contributed by atoms with Gasteiger partial charge in [0.15, 0.2) is 0 Å². The van der Waals surface area contributed by atoms with Crippen LogP contribution in [0.2, 0.25) is 10.0 Å². The van der Waals surface area contributed by atoms with E-state index >= 15 is 0 Å². The average molecular weight is 295 g/mol. The van der Waals surface area contributed by atoms with Gasteiger partial charge in [0.1, 0.15) is 5.75 Å². The topological polar surface area (TPSA) is 44.6 Å². The van der Waals surface area contributed by atoms with Crippen LogP contribution in [0.15, 0.2) is 47.6 Å². The highest BCUT2D eigenvalue weighted by atomic mass is 35.5. The molecule has 2 N–H and O–H groups in total. The van der Waals surface area contributed by atoms with E-state index in [2.05, 4.69) is 10.5 Å². The Labute approximate surface area is 121 Å². The molecule has 0 unspecified atom stereocenters. The van der Waals surface area contributed by atoms with Gasteiger partial charge in [-0.15, -0.1) is 0 Å². The molecular formula is C14H12Cl2N2O. The van der Waals surface area contributed by atoms with Crippen molar-refractivity contribution in [1.29, 1.82) is 0 Å². The molecule has 0 spiro atoms. The number of benzene rings is 2. The summed E-state index contributed by atoms with van der Waals surface area (Å²) in [6.07, 6.45) is 1.66. The number of hydrazone groups is 1. The molecule has 2 aromatic rings. The van der Waals surface area contributed by atoms with E-state index < -0.39 is 0 Å². The number of halogens is 2. The summed E-state index contributed by atoms with van der Waals surface area (Å²) in [5, 5.41) is 14.4. The van der Waals surface area contributed by atoms with Crippen LogP contribution in [-0.4, -0.2) is 11.3 Å². The lowest BCUT2D eigenvalue weighted by atomic mass is 10.2. The fraction of sp³-hybridized carbons (Fsp3) is 0.0714. The molecule has 0 radical (unpaired) electrons. The third-order valence-corrected chi connectivity index (χ3v) is 3.22. The normalized spacial score (nSPS) is 10.8. The summed E-state index contributed by atoms with van der Waals surface area (Å²) in [4.78, 5) is 0. The summed E-state index contributed by atoms with van der Waals surface area (Å²) >= 11 is 12.1. The number of rotatable bonds is 4. The van der Waals surface area contributed by atoms with Gasteiger partial charge in [-0.1, -0.05) is 29.3 Å². The zero-order valence-electron chi connectivity index (χ0n) is 9.98. The van der Waals surface area contributed by atoms with Crippen molar-refractivity contribution in [3.8, 4) is 5.75 Å². The lowest BCUT2D eigenvalue weighted by molar-refractivity contribution is 0.475. The second kappa shape index (κ2) is 6.45. The highest BCUT2D eigenvalue weighted by molar-refractivity contribution is 6.35. The summed E-state index contributed by atoms with van der Waals surface area (Å²) in [5.41, 5.74) is 4.58. The fourth-order valence-electron chi connectivity index (χ4n) is 1.51. The van der Waals surface area contributed by atoms with Gasteiger partial charge in [0.05, 0.1) is 12.8 Å². The number of hydrogen-bond acceptors (Lipinski definition) is 3. The molecule has 2 rings (SSSR count). The van der Waals surface area contributed by atoms with Gasteiger partial charge in [-0.3, -0.25) is 0 Å². The van der Waals surface area contributed by atoms with Gasteiger partial charge in [0.2, 0.25) is 0 Å². The van der Waals surface area contributed by atoms with E-state index in [4.69, 9.17) is 28.3 Å². The minimum absolute atomic E-state index is 0.230. The molecular weight excluding hydrogens is 283 g/mol. The molecule has 0 saturated carbocycles. The molecule has 0 fully saturated rings. The van der Waals surface area contributed by atoms with Crippen LogP contribution in [0.4, 0.5) is 0 Å². The van der Waals surface area contributed by atoms with Crippen molar-refractivity contribution >= 4 is 29.4 Å². The smallest absolute Gasteiger partial charge is 0.115 e. The first-order valence-corrected chi connectivity index (χ1v) is 6.40. The van der Waals surface area contributed by atoms with E-state index in [1.54, 1.807) is 48.7 Å². The number of nitrogens with zero attached hydrogens (tertiary/aromatic N) is 1. The molecule has 19 heavy (non-hydrogen) atoms. The van der Waals surface area contributed by atoms with E-state index in [0.717, 1.165) is 11.1 Å². The van der Waals surface area contributed by atoms with Crippen molar-refractivity contribution in [2.24, 2.45) is 5.10 Å².